The fourth-order valence-corrected chi connectivity index (χ4v) is 1.38. The lowest BCUT2D eigenvalue weighted by molar-refractivity contribution is -0.391. The number of carbonyl (C=O) groups excluding carboxylic acids is 1. The van der Waals surface area contributed by atoms with Gasteiger partial charge in [0.05, 0.1) is 7.05 Å². The van der Waals surface area contributed by atoms with Crippen LogP contribution in [0.1, 0.15) is 24.3 Å². The third-order valence-electron chi connectivity index (χ3n) is 2.30. The monoisotopic (exact) mass is 259 g/mol. The van der Waals surface area contributed by atoms with Crippen molar-refractivity contribution in [2.24, 2.45) is 7.05 Å². The first-order valence-corrected chi connectivity index (χ1v) is 5.50. The van der Waals surface area contributed by atoms with Gasteiger partial charge in [-0.25, -0.2) is 4.57 Å². The van der Waals surface area contributed by atoms with E-state index in [1.165, 1.54) is 23.7 Å². The molecular formula is C10H14ClN3O3. The minimum absolute atomic E-state index is 0.126. The molecule has 1 rings (SSSR count). The molecule has 0 bridgehead atoms. The number of nitrogens with one attached hydrogen (secondary N) is 1. The number of aromatic nitrogens is 1. The summed E-state index contributed by atoms with van der Waals surface area (Å²) >= 11 is 5.69. The zero-order valence-electron chi connectivity index (χ0n) is 9.86. The van der Waals surface area contributed by atoms with Crippen molar-refractivity contribution in [3.8, 4) is 0 Å². The highest BCUT2D eigenvalue weighted by atomic mass is 35.5. The van der Waals surface area contributed by atoms with E-state index in [0.29, 0.717) is 0 Å². The van der Waals surface area contributed by atoms with Gasteiger partial charge < -0.3 is 15.4 Å². The minimum Gasteiger partial charge on any atom is -0.358 e. The number of hydrogen-bond acceptors (Lipinski definition) is 3. The summed E-state index contributed by atoms with van der Waals surface area (Å²) in [5.41, 5.74) is -0.326. The molecule has 0 aromatic carbocycles. The van der Waals surface area contributed by atoms with E-state index in [9.17, 15) is 14.9 Å². The predicted molar refractivity (Wildman–Crippen MR) is 64.3 cm³/mol. The molecule has 0 unspecified atom stereocenters. The van der Waals surface area contributed by atoms with Crippen LogP contribution >= 0.6 is 11.6 Å². The quantitative estimate of drug-likeness (QED) is 0.508. The normalized spacial score (nSPS) is 11.3. The van der Waals surface area contributed by atoms with Gasteiger partial charge in [-0.2, -0.15) is 0 Å². The molecule has 1 N–H and O–H groups in total. The van der Waals surface area contributed by atoms with Crippen molar-refractivity contribution in [2.75, 3.05) is 5.88 Å². The number of nitro groups is 1. The highest BCUT2D eigenvalue weighted by molar-refractivity contribution is 6.18. The van der Waals surface area contributed by atoms with E-state index in [4.69, 9.17) is 11.6 Å². The highest BCUT2D eigenvalue weighted by Crippen LogP contribution is 2.16. The van der Waals surface area contributed by atoms with Gasteiger partial charge in [0.1, 0.15) is 0 Å². The van der Waals surface area contributed by atoms with Gasteiger partial charge in [0.15, 0.2) is 5.69 Å². The SMILES string of the molecule is Cn1c(C(=O)NC(C)(C)CCl)ccc1[N+](=O)[O-]. The van der Waals surface area contributed by atoms with Gasteiger partial charge in [-0.1, -0.05) is 0 Å². The molecule has 0 aliphatic rings. The summed E-state index contributed by atoms with van der Waals surface area (Å²) in [6, 6.07) is 2.71. The molecule has 0 atom stereocenters. The van der Waals surface area contributed by atoms with Crippen molar-refractivity contribution < 1.29 is 9.72 Å². The topological polar surface area (TPSA) is 77.2 Å². The van der Waals surface area contributed by atoms with E-state index in [2.05, 4.69) is 5.32 Å². The first-order valence-electron chi connectivity index (χ1n) is 4.97. The van der Waals surface area contributed by atoms with Crippen LogP contribution in [0.3, 0.4) is 0 Å². The Labute approximate surface area is 104 Å². The molecule has 94 valence electrons. The number of hydrogen-bond donors (Lipinski definition) is 1. The zero-order valence-corrected chi connectivity index (χ0v) is 10.6. The zero-order chi connectivity index (χ0) is 13.2. The molecule has 1 heterocycles. The number of nitrogens with zero attached hydrogens (tertiary/aromatic N) is 2. The lowest BCUT2D eigenvalue weighted by atomic mass is 10.1. The maximum Gasteiger partial charge on any atom is 0.323 e. The largest absolute Gasteiger partial charge is 0.358 e. The Morgan fingerprint density at radius 1 is 1.59 bits per heavy atom. The average molecular weight is 260 g/mol. The van der Waals surface area contributed by atoms with Crippen molar-refractivity contribution in [1.29, 1.82) is 0 Å². The Balaban J connectivity index is 2.95. The molecule has 0 saturated heterocycles. The van der Waals surface area contributed by atoms with Crippen molar-refractivity contribution in [2.45, 2.75) is 19.4 Å². The van der Waals surface area contributed by atoms with Crippen molar-refractivity contribution in [3.05, 3.63) is 27.9 Å². The molecular weight excluding hydrogens is 246 g/mol. The molecule has 1 aromatic rings. The first-order chi connectivity index (χ1) is 7.78. The molecule has 1 aromatic heterocycles. The van der Waals surface area contributed by atoms with E-state index in [1.54, 1.807) is 13.8 Å². The van der Waals surface area contributed by atoms with Crippen LogP contribution in [-0.4, -0.2) is 26.8 Å². The highest BCUT2D eigenvalue weighted by Gasteiger charge is 2.25. The molecule has 17 heavy (non-hydrogen) atoms. The Morgan fingerprint density at radius 3 is 2.59 bits per heavy atom. The fourth-order valence-electron chi connectivity index (χ4n) is 1.32. The maximum absolute atomic E-state index is 11.9. The van der Waals surface area contributed by atoms with Gasteiger partial charge >= 0.3 is 5.82 Å². The first kappa shape index (κ1) is 13.5. The third kappa shape index (κ3) is 2.97. The molecule has 0 aliphatic heterocycles. The molecule has 0 fully saturated rings. The van der Waals surface area contributed by atoms with Crippen LogP contribution in [0, 0.1) is 10.1 Å². The van der Waals surface area contributed by atoms with Crippen LogP contribution < -0.4 is 5.32 Å². The summed E-state index contributed by atoms with van der Waals surface area (Å²) in [6.45, 7) is 3.55. The van der Waals surface area contributed by atoms with Crippen LogP contribution in [-0.2, 0) is 7.05 Å². The molecule has 7 heteroatoms. The van der Waals surface area contributed by atoms with E-state index in [0.717, 1.165) is 0 Å². The van der Waals surface area contributed by atoms with Crippen molar-refractivity contribution in [1.82, 2.24) is 9.88 Å². The van der Waals surface area contributed by atoms with Crippen LogP contribution in [0.5, 0.6) is 0 Å². The van der Waals surface area contributed by atoms with E-state index in [1.807, 2.05) is 0 Å². The molecule has 6 nitrogen and oxygen atoms in total. The van der Waals surface area contributed by atoms with Crippen LogP contribution in [0.15, 0.2) is 12.1 Å². The Morgan fingerprint density at radius 2 is 2.18 bits per heavy atom. The summed E-state index contributed by atoms with van der Waals surface area (Å²) in [5.74, 6) is -0.254. The lowest BCUT2D eigenvalue weighted by Crippen LogP contribution is -2.45. The lowest BCUT2D eigenvalue weighted by Gasteiger charge is -2.22. The second-order valence-electron chi connectivity index (χ2n) is 4.36. The number of halogens is 1. The Kier molecular flexibility index (Phi) is 3.77. The van der Waals surface area contributed by atoms with Crippen LogP contribution in [0.4, 0.5) is 5.82 Å². The van der Waals surface area contributed by atoms with Crippen molar-refractivity contribution >= 4 is 23.3 Å². The summed E-state index contributed by atoms with van der Waals surface area (Å²) < 4.78 is 1.24. The molecule has 0 spiro atoms. The Hall–Kier alpha value is -1.56. The molecule has 1 amide bonds. The van der Waals surface area contributed by atoms with Gasteiger partial charge in [-0.3, -0.25) is 4.79 Å². The van der Waals surface area contributed by atoms with Gasteiger partial charge in [-0.05, 0) is 24.8 Å². The number of rotatable bonds is 4. The predicted octanol–water partition coefficient (Wildman–Crippen LogP) is 1.68. The standard InChI is InChI=1S/C10H14ClN3O3/c1-10(2,6-11)12-9(15)7-4-5-8(13(7)3)14(16)17/h4-5H,6H2,1-3H3,(H,12,15). The van der Waals surface area contributed by atoms with Crippen LogP contribution in [0.25, 0.3) is 0 Å². The second-order valence-corrected chi connectivity index (χ2v) is 4.63. The van der Waals surface area contributed by atoms with Gasteiger partial charge in [0, 0.05) is 17.5 Å². The van der Waals surface area contributed by atoms with Gasteiger partial charge in [-0.15, -0.1) is 11.6 Å². The van der Waals surface area contributed by atoms with Crippen molar-refractivity contribution in [3.63, 3.8) is 0 Å². The second kappa shape index (κ2) is 4.75. The smallest absolute Gasteiger partial charge is 0.323 e. The summed E-state index contributed by atoms with van der Waals surface area (Å²) in [5, 5.41) is 13.3. The number of alkyl halides is 1. The Bertz CT molecular complexity index is 454. The number of amides is 1. The van der Waals surface area contributed by atoms with Gasteiger partial charge in [0.25, 0.3) is 5.91 Å². The van der Waals surface area contributed by atoms with Gasteiger partial charge in [0.2, 0.25) is 0 Å². The molecule has 0 aliphatic carbocycles. The van der Waals surface area contributed by atoms with E-state index in [-0.39, 0.29) is 23.3 Å². The minimum atomic E-state index is -0.558. The third-order valence-corrected chi connectivity index (χ3v) is 2.97. The molecule has 0 radical (unpaired) electrons. The fraction of sp³-hybridized carbons (Fsp3) is 0.500. The summed E-state index contributed by atoms with van der Waals surface area (Å²) in [6.07, 6.45) is 0. The van der Waals surface area contributed by atoms with E-state index < -0.39 is 10.5 Å². The number of carbonyl (C=O) groups is 1. The average Bonchev–Trinajstić information content (AvgIpc) is 2.59. The molecule has 0 saturated carbocycles. The summed E-state index contributed by atoms with van der Waals surface area (Å²) in [4.78, 5) is 22.0. The van der Waals surface area contributed by atoms with Crippen LogP contribution in [0.2, 0.25) is 0 Å². The summed E-state index contributed by atoms with van der Waals surface area (Å²) in [7, 11) is 1.47. The van der Waals surface area contributed by atoms with E-state index >= 15 is 0 Å². The maximum atomic E-state index is 11.9.